The lowest BCUT2D eigenvalue weighted by Gasteiger charge is -2.05. The topological polar surface area (TPSA) is 109 Å². The molecule has 0 bridgehead atoms. The van der Waals surface area contributed by atoms with Crippen LogP contribution in [0.15, 0.2) is 4.52 Å². The average molecular weight is 279 g/mol. The van der Waals surface area contributed by atoms with E-state index in [0.29, 0.717) is 24.0 Å². The van der Waals surface area contributed by atoms with Crippen molar-refractivity contribution in [3.05, 3.63) is 23.2 Å². The molecule has 0 aromatic carbocycles. The van der Waals surface area contributed by atoms with E-state index in [1.54, 1.807) is 18.4 Å². The van der Waals surface area contributed by atoms with Gasteiger partial charge in [-0.05, 0) is 13.8 Å². The molecule has 0 saturated carbocycles. The van der Waals surface area contributed by atoms with E-state index in [9.17, 15) is 4.79 Å². The van der Waals surface area contributed by atoms with E-state index < -0.39 is 5.97 Å². The van der Waals surface area contributed by atoms with Gasteiger partial charge < -0.3 is 19.6 Å². The molecule has 2 rings (SSSR count). The summed E-state index contributed by atoms with van der Waals surface area (Å²) in [5.41, 5.74) is 6.10. The standard InChI is InChI=1S/C12H17N5O3/c1-4-8-15-10(12(18)19-5-2)11(13)17(8)6-9-14-7(3)16-20-9/h4-6,13H2,1-3H3. The average Bonchev–Trinajstić information content (AvgIpc) is 2.96. The number of hydrogen-bond donors (Lipinski definition) is 1. The first-order valence-electron chi connectivity index (χ1n) is 6.38. The zero-order valence-corrected chi connectivity index (χ0v) is 11.7. The van der Waals surface area contributed by atoms with Crippen molar-refractivity contribution in [3.63, 3.8) is 0 Å². The monoisotopic (exact) mass is 279 g/mol. The van der Waals surface area contributed by atoms with E-state index in [2.05, 4.69) is 15.1 Å². The predicted molar refractivity (Wildman–Crippen MR) is 70.1 cm³/mol. The van der Waals surface area contributed by atoms with Crippen LogP contribution >= 0.6 is 0 Å². The van der Waals surface area contributed by atoms with Crippen LogP contribution in [0.4, 0.5) is 5.82 Å². The van der Waals surface area contributed by atoms with Crippen LogP contribution in [0.1, 0.15) is 41.9 Å². The number of nitrogen functional groups attached to an aromatic ring is 1. The number of rotatable bonds is 5. The molecule has 108 valence electrons. The Bertz CT molecular complexity index is 617. The van der Waals surface area contributed by atoms with Gasteiger partial charge in [-0.1, -0.05) is 12.1 Å². The number of ether oxygens (including phenoxy) is 1. The maximum absolute atomic E-state index is 11.8. The largest absolute Gasteiger partial charge is 0.461 e. The Kier molecular flexibility index (Phi) is 4.02. The first kappa shape index (κ1) is 14.0. The summed E-state index contributed by atoms with van der Waals surface area (Å²) in [5, 5.41) is 3.72. The highest BCUT2D eigenvalue weighted by Crippen LogP contribution is 2.18. The van der Waals surface area contributed by atoms with Crippen molar-refractivity contribution in [1.82, 2.24) is 19.7 Å². The second-order valence-corrected chi connectivity index (χ2v) is 4.16. The smallest absolute Gasteiger partial charge is 0.360 e. The highest BCUT2D eigenvalue weighted by atomic mass is 16.5. The van der Waals surface area contributed by atoms with Crippen LogP contribution < -0.4 is 5.73 Å². The summed E-state index contributed by atoms with van der Waals surface area (Å²) < 4.78 is 11.7. The molecule has 0 radical (unpaired) electrons. The molecule has 0 atom stereocenters. The summed E-state index contributed by atoms with van der Waals surface area (Å²) in [6.07, 6.45) is 0.622. The second kappa shape index (κ2) is 5.72. The van der Waals surface area contributed by atoms with Crippen molar-refractivity contribution in [2.75, 3.05) is 12.3 Å². The quantitative estimate of drug-likeness (QED) is 0.811. The third-order valence-corrected chi connectivity index (χ3v) is 2.73. The Morgan fingerprint density at radius 3 is 2.70 bits per heavy atom. The van der Waals surface area contributed by atoms with Gasteiger partial charge in [0.2, 0.25) is 5.89 Å². The highest BCUT2D eigenvalue weighted by molar-refractivity contribution is 5.92. The van der Waals surface area contributed by atoms with Gasteiger partial charge in [-0.2, -0.15) is 4.98 Å². The molecule has 0 unspecified atom stereocenters. The molecule has 2 aromatic heterocycles. The number of hydrogen-bond acceptors (Lipinski definition) is 7. The number of carbonyl (C=O) groups excluding carboxylic acids is 1. The van der Waals surface area contributed by atoms with Gasteiger partial charge in [-0.3, -0.25) is 0 Å². The molecule has 20 heavy (non-hydrogen) atoms. The minimum atomic E-state index is -0.528. The Morgan fingerprint density at radius 2 is 2.15 bits per heavy atom. The van der Waals surface area contributed by atoms with E-state index in [1.165, 1.54) is 0 Å². The van der Waals surface area contributed by atoms with Crippen LogP contribution in [0.5, 0.6) is 0 Å². The van der Waals surface area contributed by atoms with E-state index in [0.717, 1.165) is 0 Å². The zero-order valence-electron chi connectivity index (χ0n) is 11.7. The van der Waals surface area contributed by atoms with Gasteiger partial charge in [0.1, 0.15) is 18.2 Å². The molecule has 0 amide bonds. The van der Waals surface area contributed by atoms with Crippen LogP contribution in [0.3, 0.4) is 0 Å². The molecule has 2 N–H and O–H groups in total. The van der Waals surface area contributed by atoms with Crippen LogP contribution in [-0.4, -0.2) is 32.3 Å². The van der Waals surface area contributed by atoms with Gasteiger partial charge in [0.25, 0.3) is 0 Å². The maximum Gasteiger partial charge on any atom is 0.360 e. The molecule has 0 spiro atoms. The Balaban J connectivity index is 2.34. The number of nitrogens with two attached hydrogens (primary N) is 1. The zero-order chi connectivity index (χ0) is 14.7. The normalized spacial score (nSPS) is 10.8. The lowest BCUT2D eigenvalue weighted by atomic mass is 10.4. The molecule has 0 fully saturated rings. The molecule has 8 heteroatoms. The molecule has 0 aliphatic heterocycles. The minimum Gasteiger partial charge on any atom is -0.461 e. The lowest BCUT2D eigenvalue weighted by molar-refractivity contribution is 0.0521. The van der Waals surface area contributed by atoms with Crippen molar-refractivity contribution in [1.29, 1.82) is 0 Å². The molecular weight excluding hydrogens is 262 g/mol. The summed E-state index contributed by atoms with van der Waals surface area (Å²) in [6, 6.07) is 0. The Morgan fingerprint density at radius 1 is 1.40 bits per heavy atom. The third-order valence-electron chi connectivity index (χ3n) is 2.73. The summed E-state index contributed by atoms with van der Waals surface area (Å²) in [6.45, 7) is 5.94. The van der Waals surface area contributed by atoms with Crippen molar-refractivity contribution in [3.8, 4) is 0 Å². The van der Waals surface area contributed by atoms with Crippen molar-refractivity contribution < 1.29 is 14.1 Å². The fraction of sp³-hybridized carbons (Fsp3) is 0.500. The third kappa shape index (κ3) is 2.63. The Labute approximate surface area is 115 Å². The first-order valence-corrected chi connectivity index (χ1v) is 6.38. The lowest BCUT2D eigenvalue weighted by Crippen LogP contribution is -2.11. The predicted octanol–water partition coefficient (Wildman–Crippen LogP) is 0.944. The van der Waals surface area contributed by atoms with Crippen LogP contribution in [-0.2, 0) is 17.7 Å². The van der Waals surface area contributed by atoms with Gasteiger partial charge in [0, 0.05) is 6.42 Å². The number of aromatic nitrogens is 4. The Hall–Kier alpha value is -2.38. The van der Waals surface area contributed by atoms with Gasteiger partial charge in [-0.15, -0.1) is 0 Å². The summed E-state index contributed by atoms with van der Waals surface area (Å²) in [4.78, 5) is 20.1. The molecule has 8 nitrogen and oxygen atoms in total. The maximum atomic E-state index is 11.8. The van der Waals surface area contributed by atoms with Gasteiger partial charge in [0.15, 0.2) is 11.5 Å². The van der Waals surface area contributed by atoms with E-state index in [-0.39, 0.29) is 24.7 Å². The molecule has 2 aromatic rings. The number of nitrogens with zero attached hydrogens (tertiary/aromatic N) is 4. The molecule has 0 saturated heterocycles. The highest BCUT2D eigenvalue weighted by Gasteiger charge is 2.21. The summed E-state index contributed by atoms with van der Waals surface area (Å²) in [7, 11) is 0. The number of carbonyl (C=O) groups is 1. The van der Waals surface area contributed by atoms with Crippen molar-refractivity contribution >= 4 is 11.8 Å². The van der Waals surface area contributed by atoms with Gasteiger partial charge in [-0.25, -0.2) is 9.78 Å². The molecule has 0 aliphatic carbocycles. The van der Waals surface area contributed by atoms with Crippen molar-refractivity contribution in [2.45, 2.75) is 33.7 Å². The van der Waals surface area contributed by atoms with Crippen molar-refractivity contribution in [2.24, 2.45) is 0 Å². The van der Waals surface area contributed by atoms with Crippen LogP contribution in [0.25, 0.3) is 0 Å². The van der Waals surface area contributed by atoms with Gasteiger partial charge in [0.05, 0.1) is 6.61 Å². The number of imidazole rings is 1. The second-order valence-electron chi connectivity index (χ2n) is 4.16. The molecule has 2 heterocycles. The SMILES string of the molecule is CCOC(=O)c1nc(CC)n(Cc2nc(C)no2)c1N. The van der Waals surface area contributed by atoms with E-state index >= 15 is 0 Å². The number of anilines is 1. The minimum absolute atomic E-state index is 0.125. The number of aryl methyl sites for hydroxylation is 2. The van der Waals surface area contributed by atoms with E-state index in [4.69, 9.17) is 15.0 Å². The summed E-state index contributed by atoms with van der Waals surface area (Å²) in [5.74, 6) is 1.34. The number of esters is 1. The first-order chi connectivity index (χ1) is 9.56. The van der Waals surface area contributed by atoms with Crippen LogP contribution in [0, 0.1) is 6.92 Å². The fourth-order valence-corrected chi connectivity index (χ4v) is 1.85. The fourth-order valence-electron chi connectivity index (χ4n) is 1.85. The summed E-state index contributed by atoms with van der Waals surface area (Å²) >= 11 is 0. The molecule has 0 aliphatic rings. The van der Waals surface area contributed by atoms with Gasteiger partial charge >= 0.3 is 5.97 Å². The van der Waals surface area contributed by atoms with E-state index in [1.807, 2.05) is 6.92 Å². The van der Waals surface area contributed by atoms with Crippen LogP contribution in [0.2, 0.25) is 0 Å². The molecular formula is C12H17N5O3.